The zero-order valence-corrected chi connectivity index (χ0v) is 26.3. The number of benzene rings is 2. The van der Waals surface area contributed by atoms with Gasteiger partial charge in [-0.2, -0.15) is 0 Å². The number of quaternary nitrogens is 2. The lowest BCUT2D eigenvalue weighted by molar-refractivity contribution is -0.914. The Hall–Kier alpha value is -3.32. The van der Waals surface area contributed by atoms with Gasteiger partial charge in [0.15, 0.2) is 11.3 Å². The van der Waals surface area contributed by atoms with Crippen molar-refractivity contribution in [2.24, 2.45) is 5.92 Å². The third kappa shape index (κ3) is 4.06. The van der Waals surface area contributed by atoms with Gasteiger partial charge in [-0.05, 0) is 54.8 Å². The zero-order chi connectivity index (χ0) is 31.9. The quantitative estimate of drug-likeness (QED) is 0.280. The molecule has 5 heterocycles. The molecule has 1 saturated carbocycles. The molecular weight excluding hydrogens is 590 g/mol. The van der Waals surface area contributed by atoms with Crippen molar-refractivity contribution >= 4 is 23.6 Å². The molecule has 5 aliphatic heterocycles. The Morgan fingerprint density at radius 1 is 1.00 bits per heavy atom. The third-order valence-electron chi connectivity index (χ3n) is 11.8. The van der Waals surface area contributed by atoms with Gasteiger partial charge in [-0.15, -0.1) is 4.65 Å². The first-order chi connectivity index (χ1) is 22.2. The van der Waals surface area contributed by atoms with E-state index in [1.165, 1.54) is 0 Å². The SMILES string of the molecule is COc1ccc2c(c1)C=C(C(=O)N1CCC([N+]3([O-])CCOCC3)CC1)C[N+]1(O)c3cc(C(=O)O)ccc3C3(C4CCCCC4)OC231. The molecule has 0 aromatic heterocycles. The Kier molecular flexibility index (Phi) is 6.92. The number of carbonyl (C=O) groups excluding carboxylic acids is 1. The van der Waals surface area contributed by atoms with Crippen molar-refractivity contribution in [2.75, 3.05) is 53.0 Å². The average molecular weight is 633 g/mol. The normalized spacial score (nSPS) is 31.9. The number of nitrogens with zero attached hydrogens (tertiary/aromatic N) is 3. The van der Waals surface area contributed by atoms with Crippen molar-refractivity contribution in [3.8, 4) is 5.75 Å². The average Bonchev–Trinajstić information content (AvgIpc) is 3.78. The second-order valence-electron chi connectivity index (χ2n) is 13.9. The van der Waals surface area contributed by atoms with Crippen molar-refractivity contribution in [3.63, 3.8) is 0 Å². The van der Waals surface area contributed by atoms with Gasteiger partial charge in [0.2, 0.25) is 0 Å². The second-order valence-corrected chi connectivity index (χ2v) is 13.9. The fraction of sp³-hybridized carbons (Fsp3) is 0.543. The van der Waals surface area contributed by atoms with E-state index < -0.39 is 21.9 Å². The highest BCUT2D eigenvalue weighted by atomic mass is 16.7. The number of carboxylic acids is 1. The number of ether oxygens (including phenoxy) is 3. The largest absolute Gasteiger partial charge is 0.632 e. The van der Waals surface area contributed by atoms with Crippen LogP contribution in [0.4, 0.5) is 5.69 Å². The molecule has 1 aliphatic carbocycles. The number of morpholine rings is 1. The first-order valence-corrected chi connectivity index (χ1v) is 16.7. The van der Waals surface area contributed by atoms with Crippen LogP contribution in [-0.4, -0.2) is 90.8 Å². The number of carboxylic acid groups (broad SMARTS) is 1. The number of aromatic carboxylic acids is 1. The van der Waals surface area contributed by atoms with E-state index in [1.54, 1.807) is 24.1 Å². The van der Waals surface area contributed by atoms with E-state index in [-0.39, 0.29) is 34.6 Å². The molecular formula is C35H42N3O8+. The highest BCUT2D eigenvalue weighted by molar-refractivity contribution is 6.00. The molecule has 1 spiro atoms. The van der Waals surface area contributed by atoms with E-state index >= 15 is 0 Å². The minimum atomic E-state index is -1.24. The number of rotatable bonds is 5. The summed E-state index contributed by atoms with van der Waals surface area (Å²) in [5.74, 6) is -0.524. The summed E-state index contributed by atoms with van der Waals surface area (Å²) in [5, 5.41) is 36.6. The minimum absolute atomic E-state index is 0.0728. The lowest BCUT2D eigenvalue weighted by atomic mass is 9.72. The summed E-state index contributed by atoms with van der Waals surface area (Å²) >= 11 is 0. The van der Waals surface area contributed by atoms with Crippen molar-refractivity contribution in [3.05, 3.63) is 69.4 Å². The van der Waals surface area contributed by atoms with Gasteiger partial charge in [-0.25, -0.2) is 10.0 Å². The lowest BCUT2D eigenvalue weighted by Crippen LogP contribution is -2.60. The van der Waals surface area contributed by atoms with E-state index in [9.17, 15) is 25.1 Å². The van der Waals surface area contributed by atoms with E-state index in [2.05, 4.69) is 0 Å². The maximum Gasteiger partial charge on any atom is 0.335 e. The summed E-state index contributed by atoms with van der Waals surface area (Å²) in [7, 11) is 1.60. The highest BCUT2D eigenvalue weighted by Gasteiger charge is 2.92. The van der Waals surface area contributed by atoms with Crippen molar-refractivity contribution in [1.82, 2.24) is 9.55 Å². The molecule has 2 N–H and O–H groups in total. The molecule has 11 nitrogen and oxygen atoms in total. The van der Waals surface area contributed by atoms with Gasteiger partial charge in [-0.1, -0.05) is 19.3 Å². The number of piperidine rings is 1. The number of methoxy groups -OCH3 is 1. The smallest absolute Gasteiger partial charge is 0.335 e. The number of hydroxylamine groups is 5. The monoisotopic (exact) mass is 632 g/mol. The molecule has 6 aliphatic rings. The van der Waals surface area contributed by atoms with E-state index in [0.717, 1.165) is 48.8 Å². The number of amides is 1. The molecule has 1 amide bonds. The molecule has 0 radical (unpaired) electrons. The van der Waals surface area contributed by atoms with Crippen molar-refractivity contribution in [2.45, 2.75) is 62.3 Å². The molecule has 2 aromatic rings. The Bertz CT molecular complexity index is 1620. The number of hydrogen-bond acceptors (Lipinski definition) is 7. The fourth-order valence-corrected chi connectivity index (χ4v) is 9.45. The Labute approximate surface area is 268 Å². The highest BCUT2D eigenvalue weighted by Crippen LogP contribution is 2.78. The number of fused-ring (bicyclic) bond motifs is 4. The summed E-state index contributed by atoms with van der Waals surface area (Å²) < 4.78 is 17.0. The molecule has 3 unspecified atom stereocenters. The maximum absolute atomic E-state index is 14.4. The second kappa shape index (κ2) is 10.6. The van der Waals surface area contributed by atoms with Gasteiger partial charge in [0, 0.05) is 37.9 Å². The Morgan fingerprint density at radius 3 is 2.41 bits per heavy atom. The first kappa shape index (κ1) is 30.0. The molecule has 244 valence electrons. The molecule has 46 heavy (non-hydrogen) atoms. The van der Waals surface area contributed by atoms with Crippen LogP contribution in [0.2, 0.25) is 0 Å². The van der Waals surface area contributed by atoms with Crippen LogP contribution in [0.3, 0.4) is 0 Å². The Morgan fingerprint density at radius 2 is 1.72 bits per heavy atom. The lowest BCUT2D eigenvalue weighted by Gasteiger charge is -2.52. The summed E-state index contributed by atoms with van der Waals surface area (Å²) in [4.78, 5) is 28.4. The molecule has 8 rings (SSSR count). The molecule has 4 fully saturated rings. The van der Waals surface area contributed by atoms with E-state index in [0.29, 0.717) is 69.2 Å². The van der Waals surface area contributed by atoms with Gasteiger partial charge in [-0.3, -0.25) is 9.53 Å². The van der Waals surface area contributed by atoms with Crippen molar-refractivity contribution in [1.29, 1.82) is 0 Å². The predicted octanol–water partition coefficient (Wildman–Crippen LogP) is 4.50. The Balaban J connectivity index is 1.21. The van der Waals surface area contributed by atoms with Crippen LogP contribution in [0, 0.1) is 11.1 Å². The van der Waals surface area contributed by atoms with Crippen LogP contribution in [0.1, 0.15) is 72.0 Å². The predicted molar refractivity (Wildman–Crippen MR) is 168 cm³/mol. The van der Waals surface area contributed by atoms with Crippen LogP contribution < -0.4 is 9.38 Å². The molecule has 2 aromatic carbocycles. The van der Waals surface area contributed by atoms with Crippen molar-refractivity contribution < 1.29 is 38.8 Å². The van der Waals surface area contributed by atoms with Gasteiger partial charge in [0.25, 0.3) is 5.91 Å². The summed E-state index contributed by atoms with van der Waals surface area (Å²) in [6, 6.07) is 10.6. The van der Waals surface area contributed by atoms with Crippen LogP contribution >= 0.6 is 0 Å². The molecule has 3 saturated heterocycles. The van der Waals surface area contributed by atoms with E-state index in [4.69, 9.17) is 14.2 Å². The van der Waals surface area contributed by atoms with Crippen LogP contribution in [-0.2, 0) is 25.6 Å². The summed E-state index contributed by atoms with van der Waals surface area (Å²) in [6.45, 7) is 2.63. The maximum atomic E-state index is 14.4. The zero-order valence-electron chi connectivity index (χ0n) is 26.3. The minimum Gasteiger partial charge on any atom is -0.632 e. The number of hydrogen-bond donors (Lipinski definition) is 2. The van der Waals surface area contributed by atoms with Crippen LogP contribution in [0.25, 0.3) is 6.08 Å². The molecule has 11 heteroatoms. The van der Waals surface area contributed by atoms with Gasteiger partial charge in [0.05, 0.1) is 48.6 Å². The summed E-state index contributed by atoms with van der Waals surface area (Å²) in [5.41, 5.74) is 1.18. The van der Waals surface area contributed by atoms with E-state index in [1.807, 2.05) is 30.3 Å². The van der Waals surface area contributed by atoms with Gasteiger partial charge < -0.3 is 29.3 Å². The number of carbonyl (C=O) groups is 2. The fourth-order valence-electron chi connectivity index (χ4n) is 9.45. The van der Waals surface area contributed by atoms with Crippen LogP contribution in [0.15, 0.2) is 42.0 Å². The summed E-state index contributed by atoms with van der Waals surface area (Å²) in [6.07, 6.45) is 8.21. The van der Waals surface area contributed by atoms with Crippen LogP contribution in [0.5, 0.6) is 5.75 Å². The molecule has 0 bridgehead atoms. The standard InChI is InChI=1S/C35H41N3O8/c1-44-28-8-10-29-24(20-28)19-25(32(39)36-13-11-27(12-14-36)37(42)15-17-45-18-16-37)22-38(43)31-21-23(33(40)41)7-9-30(31)34(35(29,38)46-34)26-5-3-2-4-6-26/h7-10,19-21,26-27,43H,2-6,11-18,22H2,1H3/p+1. The third-order valence-corrected chi connectivity index (χ3v) is 11.8. The number of epoxide rings is 1. The van der Waals surface area contributed by atoms with Gasteiger partial charge in [0.1, 0.15) is 25.4 Å². The first-order valence-electron chi connectivity index (χ1n) is 16.7. The number of likely N-dealkylation sites (tertiary alicyclic amines) is 1. The molecule has 3 atom stereocenters. The van der Waals surface area contributed by atoms with Gasteiger partial charge >= 0.3 is 11.7 Å². The topological polar surface area (TPSA) is 132 Å².